The smallest absolute Gasteiger partial charge is 0.298 e. The molecule has 0 aliphatic rings. The summed E-state index contributed by atoms with van der Waals surface area (Å²) >= 11 is 0. The zero-order valence-electron chi connectivity index (χ0n) is 9.22. The maximum Gasteiger partial charge on any atom is 0.345 e. The fourth-order valence-corrected chi connectivity index (χ4v) is 0.856. The van der Waals surface area contributed by atoms with Crippen molar-refractivity contribution in [3.8, 4) is 0 Å². The van der Waals surface area contributed by atoms with Crippen LogP contribution in [-0.4, -0.2) is 11.6 Å². The molecule has 78 valence electrons. The van der Waals surface area contributed by atoms with Crippen LogP contribution in [0.3, 0.4) is 0 Å². The van der Waals surface area contributed by atoms with Gasteiger partial charge in [-0.1, -0.05) is 13.8 Å². The first-order valence-electron chi connectivity index (χ1n) is 4.80. The molecule has 3 heteroatoms. The highest BCUT2D eigenvalue weighted by molar-refractivity contribution is 5.71. The molecule has 0 amide bonds. The second kappa shape index (κ2) is 5.22. The number of hydrogen-bond acceptors (Lipinski definition) is 3. The molecule has 0 saturated heterocycles. The standard InChI is InChI=1S/C10H20O3/c1-6-8(7-2)9(11)12-13-10(3,4)5/h8H,6-7H2,1-5H3. The average molecular weight is 188 g/mol. The minimum Gasteiger partial charge on any atom is -0.298 e. The first-order chi connectivity index (χ1) is 5.90. The highest BCUT2D eigenvalue weighted by Gasteiger charge is 2.20. The Bertz CT molecular complexity index is 154. The molecule has 0 radical (unpaired) electrons. The summed E-state index contributed by atoms with van der Waals surface area (Å²) in [6.07, 6.45) is 1.59. The van der Waals surface area contributed by atoms with Crippen LogP contribution >= 0.6 is 0 Å². The van der Waals surface area contributed by atoms with Gasteiger partial charge in [-0.2, -0.15) is 4.89 Å². The van der Waals surface area contributed by atoms with Crippen LogP contribution in [0.25, 0.3) is 0 Å². The molecule has 0 aliphatic heterocycles. The highest BCUT2D eigenvalue weighted by Crippen LogP contribution is 2.13. The average Bonchev–Trinajstić information content (AvgIpc) is 2.02. The molecule has 0 heterocycles. The predicted molar refractivity (Wildman–Crippen MR) is 51.0 cm³/mol. The minimum atomic E-state index is -0.429. The zero-order chi connectivity index (χ0) is 10.5. The molecule has 0 aromatic carbocycles. The van der Waals surface area contributed by atoms with Crippen molar-refractivity contribution in [3.05, 3.63) is 0 Å². The molecule has 0 aliphatic carbocycles. The van der Waals surface area contributed by atoms with E-state index in [2.05, 4.69) is 0 Å². The second-order valence-electron chi connectivity index (χ2n) is 4.11. The van der Waals surface area contributed by atoms with Gasteiger partial charge in [0.15, 0.2) is 0 Å². The lowest BCUT2D eigenvalue weighted by Gasteiger charge is -2.18. The van der Waals surface area contributed by atoms with E-state index >= 15 is 0 Å². The van der Waals surface area contributed by atoms with Gasteiger partial charge < -0.3 is 0 Å². The topological polar surface area (TPSA) is 35.5 Å². The van der Waals surface area contributed by atoms with Crippen molar-refractivity contribution in [1.82, 2.24) is 0 Å². The van der Waals surface area contributed by atoms with Crippen molar-refractivity contribution in [2.45, 2.75) is 53.1 Å². The van der Waals surface area contributed by atoms with Crippen LogP contribution in [0.2, 0.25) is 0 Å². The van der Waals surface area contributed by atoms with Crippen LogP contribution in [0.15, 0.2) is 0 Å². The molecule has 0 rings (SSSR count). The lowest BCUT2D eigenvalue weighted by Crippen LogP contribution is -2.25. The van der Waals surface area contributed by atoms with Crippen molar-refractivity contribution in [2.24, 2.45) is 5.92 Å². The Kier molecular flexibility index (Phi) is 4.99. The normalized spacial score (nSPS) is 11.8. The Morgan fingerprint density at radius 2 is 1.69 bits per heavy atom. The Labute approximate surface area is 80.3 Å². The lowest BCUT2D eigenvalue weighted by molar-refractivity contribution is -0.323. The van der Waals surface area contributed by atoms with Crippen molar-refractivity contribution in [3.63, 3.8) is 0 Å². The fraction of sp³-hybridized carbons (Fsp3) is 0.900. The molecule has 3 nitrogen and oxygen atoms in total. The van der Waals surface area contributed by atoms with Crippen molar-refractivity contribution >= 4 is 5.97 Å². The predicted octanol–water partition coefficient (Wildman–Crippen LogP) is 2.70. The van der Waals surface area contributed by atoms with Crippen LogP contribution < -0.4 is 0 Å². The Hall–Kier alpha value is -0.570. The fourth-order valence-electron chi connectivity index (χ4n) is 0.856. The van der Waals surface area contributed by atoms with E-state index in [4.69, 9.17) is 9.78 Å². The molecule has 0 atom stereocenters. The van der Waals surface area contributed by atoms with Crippen LogP contribution in [-0.2, 0) is 14.6 Å². The van der Waals surface area contributed by atoms with E-state index < -0.39 is 5.60 Å². The van der Waals surface area contributed by atoms with Gasteiger partial charge in [-0.15, -0.1) is 0 Å². The van der Waals surface area contributed by atoms with Crippen molar-refractivity contribution in [2.75, 3.05) is 0 Å². The van der Waals surface area contributed by atoms with E-state index in [0.29, 0.717) is 0 Å². The third-order valence-corrected chi connectivity index (χ3v) is 1.69. The summed E-state index contributed by atoms with van der Waals surface area (Å²) in [6.45, 7) is 9.45. The molecule has 0 unspecified atom stereocenters. The summed E-state index contributed by atoms with van der Waals surface area (Å²) in [5.74, 6) is -0.303. The number of carbonyl (C=O) groups excluding carboxylic acids is 1. The monoisotopic (exact) mass is 188 g/mol. The van der Waals surface area contributed by atoms with E-state index in [0.717, 1.165) is 12.8 Å². The second-order valence-corrected chi connectivity index (χ2v) is 4.11. The molecule has 0 aromatic rings. The summed E-state index contributed by atoms with van der Waals surface area (Å²) in [5.41, 5.74) is -0.429. The maximum atomic E-state index is 11.3. The lowest BCUT2D eigenvalue weighted by atomic mass is 10.0. The molecular weight excluding hydrogens is 168 g/mol. The molecule has 0 fully saturated rings. The number of hydrogen-bond donors (Lipinski definition) is 0. The molecule has 0 aromatic heterocycles. The van der Waals surface area contributed by atoms with Gasteiger partial charge in [-0.3, -0.25) is 4.89 Å². The Balaban J connectivity index is 3.86. The Morgan fingerprint density at radius 1 is 1.23 bits per heavy atom. The molecule has 0 spiro atoms. The van der Waals surface area contributed by atoms with Gasteiger partial charge in [-0.25, -0.2) is 4.79 Å². The summed E-state index contributed by atoms with van der Waals surface area (Å²) in [6, 6.07) is 0. The summed E-state index contributed by atoms with van der Waals surface area (Å²) < 4.78 is 0. The van der Waals surface area contributed by atoms with Crippen molar-refractivity contribution in [1.29, 1.82) is 0 Å². The van der Waals surface area contributed by atoms with E-state index in [9.17, 15) is 4.79 Å². The Morgan fingerprint density at radius 3 is 2.00 bits per heavy atom. The van der Waals surface area contributed by atoms with Gasteiger partial charge in [0.2, 0.25) is 0 Å². The third kappa shape index (κ3) is 5.64. The first-order valence-corrected chi connectivity index (χ1v) is 4.80. The largest absolute Gasteiger partial charge is 0.345 e. The van der Waals surface area contributed by atoms with Gasteiger partial charge in [0.25, 0.3) is 0 Å². The van der Waals surface area contributed by atoms with Gasteiger partial charge in [-0.05, 0) is 33.6 Å². The van der Waals surface area contributed by atoms with Gasteiger partial charge >= 0.3 is 5.97 Å². The summed E-state index contributed by atoms with van der Waals surface area (Å²) in [7, 11) is 0. The van der Waals surface area contributed by atoms with Crippen LogP contribution in [0.1, 0.15) is 47.5 Å². The first kappa shape index (κ1) is 12.4. The highest BCUT2D eigenvalue weighted by atomic mass is 17.2. The van der Waals surface area contributed by atoms with Crippen LogP contribution in [0, 0.1) is 5.92 Å². The van der Waals surface area contributed by atoms with Crippen LogP contribution in [0.4, 0.5) is 0 Å². The van der Waals surface area contributed by atoms with Gasteiger partial charge in [0, 0.05) is 0 Å². The van der Waals surface area contributed by atoms with E-state index in [-0.39, 0.29) is 11.9 Å². The SMILES string of the molecule is CCC(CC)C(=O)OOC(C)(C)C. The van der Waals surface area contributed by atoms with Crippen LogP contribution in [0.5, 0.6) is 0 Å². The summed E-state index contributed by atoms with van der Waals surface area (Å²) in [5, 5.41) is 0. The number of carbonyl (C=O) groups is 1. The van der Waals surface area contributed by atoms with Crippen molar-refractivity contribution < 1.29 is 14.6 Å². The third-order valence-electron chi connectivity index (χ3n) is 1.69. The maximum absolute atomic E-state index is 11.3. The minimum absolute atomic E-state index is 0.0395. The molecule has 0 N–H and O–H groups in total. The molecule has 0 bridgehead atoms. The molecule has 13 heavy (non-hydrogen) atoms. The molecular formula is C10H20O3. The zero-order valence-corrected chi connectivity index (χ0v) is 9.22. The summed E-state index contributed by atoms with van der Waals surface area (Å²) in [4.78, 5) is 20.9. The van der Waals surface area contributed by atoms with E-state index in [1.807, 2.05) is 34.6 Å². The number of rotatable bonds is 4. The quantitative estimate of drug-likeness (QED) is 0.502. The van der Waals surface area contributed by atoms with Gasteiger partial charge in [0.1, 0.15) is 5.60 Å². The van der Waals surface area contributed by atoms with E-state index in [1.54, 1.807) is 0 Å². The van der Waals surface area contributed by atoms with Gasteiger partial charge in [0.05, 0.1) is 5.92 Å². The molecule has 0 saturated carbocycles. The van der Waals surface area contributed by atoms with E-state index in [1.165, 1.54) is 0 Å².